The second-order valence-corrected chi connectivity index (χ2v) is 6.79. The standard InChI is InChI=1S/C11H14ClNO6S/c1-18-11-5-4-9(8-10(11)13(14)15)19-6-2-3-7-20(12,16)17/h4-5,8H,2-3,6-7H2,1H3. The van der Waals surface area contributed by atoms with E-state index in [1.54, 1.807) is 6.07 Å². The highest BCUT2D eigenvalue weighted by molar-refractivity contribution is 8.13. The van der Waals surface area contributed by atoms with Gasteiger partial charge in [-0.15, -0.1) is 0 Å². The number of halogens is 1. The summed E-state index contributed by atoms with van der Waals surface area (Å²) in [6.07, 6.45) is 0.843. The van der Waals surface area contributed by atoms with Crippen LogP contribution in [0.4, 0.5) is 5.69 Å². The van der Waals surface area contributed by atoms with Crippen LogP contribution in [0.5, 0.6) is 11.5 Å². The minimum atomic E-state index is -3.49. The molecule has 9 heteroatoms. The van der Waals surface area contributed by atoms with Crippen LogP contribution in [0.1, 0.15) is 12.8 Å². The fourth-order valence-electron chi connectivity index (χ4n) is 1.47. The zero-order valence-electron chi connectivity index (χ0n) is 10.7. The minimum absolute atomic E-state index is 0.124. The van der Waals surface area contributed by atoms with Crippen LogP contribution in [-0.2, 0) is 9.05 Å². The van der Waals surface area contributed by atoms with Crippen LogP contribution in [0, 0.1) is 10.1 Å². The molecule has 20 heavy (non-hydrogen) atoms. The Morgan fingerprint density at radius 3 is 2.60 bits per heavy atom. The number of benzene rings is 1. The Morgan fingerprint density at radius 1 is 1.35 bits per heavy atom. The molecule has 0 N–H and O–H groups in total. The topological polar surface area (TPSA) is 95.7 Å². The average molecular weight is 324 g/mol. The molecule has 1 rings (SSSR count). The molecule has 0 heterocycles. The lowest BCUT2D eigenvalue weighted by molar-refractivity contribution is -0.385. The van der Waals surface area contributed by atoms with Crippen molar-refractivity contribution in [2.24, 2.45) is 0 Å². The maximum atomic E-state index is 10.8. The Kier molecular flexibility index (Phi) is 6.03. The Hall–Kier alpha value is -1.54. The highest BCUT2D eigenvalue weighted by Gasteiger charge is 2.15. The summed E-state index contributed by atoms with van der Waals surface area (Å²) >= 11 is 0. The fourth-order valence-corrected chi connectivity index (χ4v) is 2.35. The molecule has 0 aliphatic carbocycles. The molecule has 0 bridgehead atoms. The molecule has 0 aliphatic rings. The number of nitro groups is 1. The average Bonchev–Trinajstić information content (AvgIpc) is 2.36. The van der Waals surface area contributed by atoms with Crippen LogP contribution in [0.2, 0.25) is 0 Å². The van der Waals surface area contributed by atoms with Crippen molar-refractivity contribution >= 4 is 25.4 Å². The van der Waals surface area contributed by atoms with Crippen LogP contribution in [0.15, 0.2) is 18.2 Å². The van der Waals surface area contributed by atoms with E-state index in [0.29, 0.717) is 18.6 Å². The molecule has 0 spiro atoms. The zero-order valence-corrected chi connectivity index (χ0v) is 12.3. The van der Waals surface area contributed by atoms with Gasteiger partial charge < -0.3 is 9.47 Å². The Bertz CT molecular complexity index is 574. The first kappa shape index (κ1) is 16.5. The lowest BCUT2D eigenvalue weighted by Gasteiger charge is -2.07. The highest BCUT2D eigenvalue weighted by Crippen LogP contribution is 2.30. The third-order valence-electron chi connectivity index (χ3n) is 2.40. The highest BCUT2D eigenvalue weighted by atomic mass is 35.7. The largest absolute Gasteiger partial charge is 0.493 e. The summed E-state index contributed by atoms with van der Waals surface area (Å²) in [5, 5.41) is 10.8. The Labute approximate surface area is 121 Å². The van der Waals surface area contributed by atoms with Gasteiger partial charge in [-0.3, -0.25) is 10.1 Å². The van der Waals surface area contributed by atoms with Gasteiger partial charge in [0, 0.05) is 10.7 Å². The molecule has 0 saturated carbocycles. The van der Waals surface area contributed by atoms with E-state index in [4.69, 9.17) is 20.2 Å². The van der Waals surface area contributed by atoms with Gasteiger partial charge in [0.05, 0.1) is 30.5 Å². The Balaban J connectivity index is 2.53. The molecule has 0 fully saturated rings. The number of hydrogen-bond acceptors (Lipinski definition) is 6. The molecule has 1 aromatic rings. The van der Waals surface area contributed by atoms with E-state index < -0.39 is 14.0 Å². The lowest BCUT2D eigenvalue weighted by atomic mass is 10.3. The van der Waals surface area contributed by atoms with Crippen molar-refractivity contribution in [3.8, 4) is 11.5 Å². The summed E-state index contributed by atoms with van der Waals surface area (Å²) in [4.78, 5) is 10.2. The number of nitrogens with zero attached hydrogens (tertiary/aromatic N) is 1. The van der Waals surface area contributed by atoms with Crippen LogP contribution in [0.3, 0.4) is 0 Å². The normalized spacial score (nSPS) is 11.1. The zero-order chi connectivity index (χ0) is 15.2. The van der Waals surface area contributed by atoms with Gasteiger partial charge in [-0.2, -0.15) is 0 Å². The molecule has 0 saturated heterocycles. The summed E-state index contributed by atoms with van der Waals surface area (Å²) in [7, 11) is 2.92. The summed E-state index contributed by atoms with van der Waals surface area (Å²) in [6, 6.07) is 4.25. The molecule has 0 amide bonds. The van der Waals surface area contributed by atoms with E-state index in [0.717, 1.165) is 0 Å². The third kappa shape index (κ3) is 5.62. The second kappa shape index (κ2) is 7.30. The van der Waals surface area contributed by atoms with Crippen molar-refractivity contribution in [2.45, 2.75) is 12.8 Å². The molecule has 0 unspecified atom stereocenters. The predicted octanol–water partition coefficient (Wildman–Crippen LogP) is 2.33. The summed E-state index contributed by atoms with van der Waals surface area (Å²) in [5.74, 6) is 0.350. The molecular weight excluding hydrogens is 310 g/mol. The van der Waals surface area contributed by atoms with Crippen molar-refractivity contribution in [3.63, 3.8) is 0 Å². The smallest absolute Gasteiger partial charge is 0.314 e. The van der Waals surface area contributed by atoms with E-state index >= 15 is 0 Å². The molecule has 0 aliphatic heterocycles. The maximum absolute atomic E-state index is 10.8. The summed E-state index contributed by atoms with van der Waals surface area (Å²) in [5.41, 5.74) is -0.187. The third-order valence-corrected chi connectivity index (χ3v) is 3.64. The first-order valence-corrected chi connectivity index (χ1v) is 8.19. The summed E-state index contributed by atoms with van der Waals surface area (Å²) in [6.45, 7) is 0.246. The van der Waals surface area contributed by atoms with Gasteiger partial charge in [0.2, 0.25) is 9.05 Å². The van der Waals surface area contributed by atoms with Gasteiger partial charge in [0.1, 0.15) is 5.75 Å². The van der Waals surface area contributed by atoms with Gasteiger partial charge in [-0.1, -0.05) is 0 Å². The van der Waals surface area contributed by atoms with Crippen LogP contribution < -0.4 is 9.47 Å². The number of methoxy groups -OCH3 is 1. The van der Waals surface area contributed by atoms with E-state index in [2.05, 4.69) is 0 Å². The quantitative estimate of drug-likeness (QED) is 0.315. The van der Waals surface area contributed by atoms with Gasteiger partial charge in [0.15, 0.2) is 5.75 Å². The summed E-state index contributed by atoms with van der Waals surface area (Å²) < 4.78 is 31.6. The molecule has 112 valence electrons. The van der Waals surface area contributed by atoms with Crippen molar-refractivity contribution in [3.05, 3.63) is 28.3 Å². The predicted molar refractivity (Wildman–Crippen MR) is 74.0 cm³/mol. The first-order valence-electron chi connectivity index (χ1n) is 5.71. The van der Waals surface area contributed by atoms with Crippen molar-refractivity contribution in [2.75, 3.05) is 19.5 Å². The second-order valence-electron chi connectivity index (χ2n) is 3.89. The Morgan fingerprint density at radius 2 is 2.05 bits per heavy atom. The number of rotatable bonds is 8. The van der Waals surface area contributed by atoms with Crippen LogP contribution in [-0.4, -0.2) is 32.8 Å². The molecule has 7 nitrogen and oxygen atoms in total. The van der Waals surface area contributed by atoms with Gasteiger partial charge in [-0.05, 0) is 25.0 Å². The maximum Gasteiger partial charge on any atom is 0.314 e. The molecule has 0 aromatic heterocycles. The monoisotopic (exact) mass is 323 g/mol. The number of unbranched alkanes of at least 4 members (excludes halogenated alkanes) is 1. The first-order chi connectivity index (χ1) is 9.33. The number of nitro benzene ring substituents is 1. The van der Waals surface area contributed by atoms with E-state index in [1.165, 1.54) is 19.2 Å². The molecular formula is C11H14ClNO6S. The van der Waals surface area contributed by atoms with E-state index in [-0.39, 0.29) is 23.8 Å². The molecule has 1 aromatic carbocycles. The van der Waals surface area contributed by atoms with Crippen LogP contribution in [0.25, 0.3) is 0 Å². The molecule has 0 atom stereocenters. The minimum Gasteiger partial charge on any atom is -0.493 e. The fraction of sp³-hybridized carbons (Fsp3) is 0.455. The SMILES string of the molecule is COc1ccc(OCCCCS(=O)(=O)Cl)cc1[N+](=O)[O-]. The number of hydrogen-bond donors (Lipinski definition) is 0. The molecule has 0 radical (unpaired) electrons. The number of ether oxygens (including phenoxy) is 2. The van der Waals surface area contributed by atoms with Gasteiger partial charge in [-0.25, -0.2) is 8.42 Å². The van der Waals surface area contributed by atoms with Gasteiger partial charge in [0.25, 0.3) is 0 Å². The van der Waals surface area contributed by atoms with E-state index in [1.807, 2.05) is 0 Å². The lowest BCUT2D eigenvalue weighted by Crippen LogP contribution is -2.03. The van der Waals surface area contributed by atoms with Crippen molar-refractivity contribution in [1.29, 1.82) is 0 Å². The van der Waals surface area contributed by atoms with Gasteiger partial charge >= 0.3 is 5.69 Å². The van der Waals surface area contributed by atoms with Crippen LogP contribution >= 0.6 is 10.7 Å². The van der Waals surface area contributed by atoms with Crippen molar-refractivity contribution in [1.82, 2.24) is 0 Å². The van der Waals surface area contributed by atoms with Crippen molar-refractivity contribution < 1.29 is 22.8 Å². The van der Waals surface area contributed by atoms with E-state index in [9.17, 15) is 18.5 Å².